The Hall–Kier alpha value is -2.12. The van der Waals surface area contributed by atoms with E-state index in [-0.39, 0.29) is 10.7 Å². The normalized spacial score (nSPS) is 17.0. The maximum absolute atomic E-state index is 12.7. The minimum absolute atomic E-state index is 0.149. The zero-order valence-corrected chi connectivity index (χ0v) is 14.1. The molecule has 1 aliphatic heterocycles. The van der Waals surface area contributed by atoms with Gasteiger partial charge in [0, 0.05) is 18.7 Å². The molecule has 128 valence electrons. The van der Waals surface area contributed by atoms with E-state index >= 15 is 0 Å². The van der Waals surface area contributed by atoms with Crippen LogP contribution in [0.3, 0.4) is 0 Å². The predicted octanol–water partition coefficient (Wildman–Crippen LogP) is 3.07. The van der Waals surface area contributed by atoms with Crippen molar-refractivity contribution >= 4 is 16.0 Å². The topological polar surface area (TPSA) is 87.8 Å². The molecule has 1 aliphatic rings. The van der Waals surface area contributed by atoms with Gasteiger partial charge in [0.2, 0.25) is 15.8 Å². The molecule has 0 bridgehead atoms. The van der Waals surface area contributed by atoms with Crippen molar-refractivity contribution in [2.45, 2.75) is 24.7 Å². The highest BCUT2D eigenvalue weighted by molar-refractivity contribution is 7.89. The zero-order chi connectivity index (χ0) is 17.3. The summed E-state index contributed by atoms with van der Waals surface area (Å²) in [6, 6.07) is 9.25. The van der Waals surface area contributed by atoms with Crippen LogP contribution in [-0.4, -0.2) is 36.9 Å². The lowest BCUT2D eigenvalue weighted by Gasteiger charge is -2.29. The average molecular weight is 349 g/mol. The van der Waals surface area contributed by atoms with Crippen molar-refractivity contribution in [2.75, 3.05) is 13.1 Å². The fourth-order valence-electron chi connectivity index (χ4n) is 2.77. The lowest BCUT2D eigenvalue weighted by molar-refractivity contribution is 0.0663. The summed E-state index contributed by atoms with van der Waals surface area (Å²) in [5.41, 5.74) is 0.633. The van der Waals surface area contributed by atoms with E-state index in [1.807, 2.05) is 0 Å². The molecule has 0 amide bonds. The summed E-state index contributed by atoms with van der Waals surface area (Å²) in [7, 11) is -3.48. The highest BCUT2D eigenvalue weighted by Gasteiger charge is 2.28. The molecule has 0 unspecified atom stereocenters. The largest absolute Gasteiger partial charge is 0.475 e. The van der Waals surface area contributed by atoms with E-state index in [0.717, 1.165) is 12.8 Å². The van der Waals surface area contributed by atoms with E-state index in [0.29, 0.717) is 30.3 Å². The number of benzene rings is 1. The number of carbonyl (C=O) groups is 1. The van der Waals surface area contributed by atoms with E-state index in [9.17, 15) is 13.2 Å². The first kappa shape index (κ1) is 16.7. The van der Waals surface area contributed by atoms with Gasteiger partial charge < -0.3 is 9.52 Å². The van der Waals surface area contributed by atoms with Gasteiger partial charge in [-0.05, 0) is 55.2 Å². The number of rotatable bonds is 4. The van der Waals surface area contributed by atoms with Gasteiger partial charge in [0.15, 0.2) is 0 Å². The lowest BCUT2D eigenvalue weighted by atomic mass is 10.0. The highest BCUT2D eigenvalue weighted by Crippen LogP contribution is 2.27. The van der Waals surface area contributed by atoms with Crippen molar-refractivity contribution in [1.82, 2.24) is 4.31 Å². The molecule has 6 nitrogen and oxygen atoms in total. The monoisotopic (exact) mass is 349 g/mol. The number of hydrogen-bond acceptors (Lipinski definition) is 4. The number of hydrogen-bond donors (Lipinski definition) is 1. The summed E-state index contributed by atoms with van der Waals surface area (Å²) in [6.07, 6.45) is 1.75. The Labute approximate surface area is 140 Å². The second-order valence-corrected chi connectivity index (χ2v) is 8.02. The van der Waals surface area contributed by atoms with E-state index in [2.05, 4.69) is 6.92 Å². The van der Waals surface area contributed by atoms with Gasteiger partial charge in [-0.3, -0.25) is 0 Å². The molecule has 3 rings (SSSR count). The Morgan fingerprint density at radius 2 is 1.75 bits per heavy atom. The molecule has 1 aromatic heterocycles. The van der Waals surface area contributed by atoms with Gasteiger partial charge in [-0.1, -0.05) is 6.92 Å². The van der Waals surface area contributed by atoms with Crippen molar-refractivity contribution in [3.05, 3.63) is 42.2 Å². The minimum Gasteiger partial charge on any atom is -0.475 e. The van der Waals surface area contributed by atoms with E-state index < -0.39 is 16.0 Å². The molecule has 1 N–H and O–H groups in total. The van der Waals surface area contributed by atoms with Gasteiger partial charge in [-0.25, -0.2) is 13.2 Å². The average Bonchev–Trinajstić information content (AvgIpc) is 3.06. The molecule has 0 spiro atoms. The molecule has 0 radical (unpaired) electrons. The first-order chi connectivity index (χ1) is 11.4. The Bertz CT molecular complexity index is 830. The van der Waals surface area contributed by atoms with Gasteiger partial charge in [0.1, 0.15) is 5.76 Å². The summed E-state index contributed by atoms with van der Waals surface area (Å²) < 4.78 is 32.1. The summed E-state index contributed by atoms with van der Waals surface area (Å²) in [5.74, 6) is -0.340. The van der Waals surface area contributed by atoms with Crippen molar-refractivity contribution in [3.63, 3.8) is 0 Å². The molecule has 1 aromatic carbocycles. The molecule has 2 heterocycles. The molecule has 1 saturated heterocycles. The van der Waals surface area contributed by atoms with E-state index in [1.165, 1.54) is 22.5 Å². The van der Waals surface area contributed by atoms with Crippen LogP contribution in [0, 0.1) is 5.92 Å². The second-order valence-electron chi connectivity index (χ2n) is 6.08. The number of nitrogens with zero attached hydrogens (tertiary/aromatic N) is 1. The van der Waals surface area contributed by atoms with Crippen LogP contribution in [0.5, 0.6) is 0 Å². The van der Waals surface area contributed by atoms with Crippen LogP contribution >= 0.6 is 0 Å². The molecule has 0 saturated carbocycles. The first-order valence-electron chi connectivity index (χ1n) is 7.81. The number of carboxylic acid groups (broad SMARTS) is 1. The third kappa shape index (κ3) is 3.22. The molecule has 7 heteroatoms. The third-order valence-corrected chi connectivity index (χ3v) is 6.25. The summed E-state index contributed by atoms with van der Waals surface area (Å²) in [5, 5.41) is 8.88. The van der Waals surface area contributed by atoms with Crippen LogP contribution in [0.2, 0.25) is 0 Å². The van der Waals surface area contributed by atoms with Crippen molar-refractivity contribution in [2.24, 2.45) is 5.92 Å². The number of piperidine rings is 1. The molecule has 24 heavy (non-hydrogen) atoms. The molecule has 1 fully saturated rings. The number of aromatic carboxylic acids is 1. The van der Waals surface area contributed by atoms with E-state index in [1.54, 1.807) is 18.2 Å². The van der Waals surface area contributed by atoms with Gasteiger partial charge in [-0.15, -0.1) is 0 Å². The number of furan rings is 1. The summed E-state index contributed by atoms with van der Waals surface area (Å²) in [6.45, 7) is 3.23. The smallest absolute Gasteiger partial charge is 0.371 e. The fraction of sp³-hybridized carbons (Fsp3) is 0.353. The Morgan fingerprint density at radius 3 is 2.29 bits per heavy atom. The molecule has 0 atom stereocenters. The van der Waals surface area contributed by atoms with Crippen LogP contribution < -0.4 is 0 Å². The molecule has 2 aromatic rings. The van der Waals surface area contributed by atoms with Gasteiger partial charge in [-0.2, -0.15) is 4.31 Å². The van der Waals surface area contributed by atoms with Crippen LogP contribution in [-0.2, 0) is 10.0 Å². The standard InChI is InChI=1S/C17H19NO5S/c1-12-8-10-18(11-9-12)24(21,22)14-4-2-13(3-5-14)15-6-7-16(23-15)17(19)20/h2-7,12H,8-11H2,1H3,(H,19,20). The Kier molecular flexibility index (Phi) is 4.47. The van der Waals surface area contributed by atoms with Gasteiger partial charge in [0.25, 0.3) is 0 Å². The predicted molar refractivity (Wildman–Crippen MR) is 88.3 cm³/mol. The SMILES string of the molecule is CC1CCN(S(=O)(=O)c2ccc(-c3ccc(C(=O)O)o3)cc2)CC1. The van der Waals surface area contributed by atoms with Crippen molar-refractivity contribution in [3.8, 4) is 11.3 Å². The second kappa shape index (κ2) is 6.41. The first-order valence-corrected chi connectivity index (χ1v) is 9.25. The quantitative estimate of drug-likeness (QED) is 0.916. The lowest BCUT2D eigenvalue weighted by Crippen LogP contribution is -2.37. The fourth-order valence-corrected chi connectivity index (χ4v) is 4.24. The third-order valence-electron chi connectivity index (χ3n) is 4.34. The van der Waals surface area contributed by atoms with Gasteiger partial charge >= 0.3 is 5.97 Å². The van der Waals surface area contributed by atoms with Crippen LogP contribution in [0.25, 0.3) is 11.3 Å². The van der Waals surface area contributed by atoms with Crippen LogP contribution in [0.4, 0.5) is 0 Å². The minimum atomic E-state index is -3.48. The maximum atomic E-state index is 12.7. The summed E-state index contributed by atoms with van der Waals surface area (Å²) >= 11 is 0. The maximum Gasteiger partial charge on any atom is 0.371 e. The summed E-state index contributed by atoms with van der Waals surface area (Å²) in [4.78, 5) is 11.1. The molecular formula is C17H19NO5S. The number of sulfonamides is 1. The highest BCUT2D eigenvalue weighted by atomic mass is 32.2. The number of carboxylic acids is 1. The van der Waals surface area contributed by atoms with Crippen LogP contribution in [0.15, 0.2) is 45.7 Å². The van der Waals surface area contributed by atoms with E-state index in [4.69, 9.17) is 9.52 Å². The van der Waals surface area contributed by atoms with Crippen molar-refractivity contribution in [1.29, 1.82) is 0 Å². The van der Waals surface area contributed by atoms with Crippen molar-refractivity contribution < 1.29 is 22.7 Å². The zero-order valence-electron chi connectivity index (χ0n) is 13.3. The Morgan fingerprint density at radius 1 is 1.12 bits per heavy atom. The van der Waals surface area contributed by atoms with Crippen LogP contribution in [0.1, 0.15) is 30.3 Å². The molecule has 0 aliphatic carbocycles. The van der Waals surface area contributed by atoms with Gasteiger partial charge in [0.05, 0.1) is 4.90 Å². The molecular weight excluding hydrogens is 330 g/mol. The Balaban J connectivity index is 1.82.